The Balaban J connectivity index is 1.18. The van der Waals surface area contributed by atoms with Crippen LogP contribution in [-0.4, -0.2) is 55.7 Å². The van der Waals surface area contributed by atoms with Gasteiger partial charge in [0.15, 0.2) is 0 Å². The molecule has 5 rings (SSSR count). The molecule has 35 heavy (non-hydrogen) atoms. The molecule has 0 unspecified atom stereocenters. The van der Waals surface area contributed by atoms with Gasteiger partial charge in [-0.1, -0.05) is 18.2 Å². The van der Waals surface area contributed by atoms with Gasteiger partial charge in [0.05, 0.1) is 6.61 Å². The van der Waals surface area contributed by atoms with E-state index in [1.807, 2.05) is 17.8 Å². The fraction of sp³-hybridized carbons (Fsp3) is 0.552. The number of aryl methyl sites for hydroxylation is 1. The van der Waals surface area contributed by atoms with Crippen LogP contribution in [0.4, 0.5) is 5.69 Å². The number of nitrogens with zero attached hydrogens (tertiary/aromatic N) is 2. The number of piperidine rings is 1. The van der Waals surface area contributed by atoms with Crippen LogP contribution in [0.1, 0.15) is 53.6 Å². The highest BCUT2D eigenvalue weighted by molar-refractivity contribution is 7.98. The number of amides is 1. The predicted molar refractivity (Wildman–Crippen MR) is 145 cm³/mol. The Morgan fingerprint density at radius 3 is 2.69 bits per heavy atom. The number of anilines is 1. The summed E-state index contributed by atoms with van der Waals surface area (Å²) in [7, 11) is 0. The maximum atomic E-state index is 12.9. The van der Waals surface area contributed by atoms with Crippen molar-refractivity contribution in [1.29, 1.82) is 0 Å². The van der Waals surface area contributed by atoms with Gasteiger partial charge >= 0.3 is 0 Å². The monoisotopic (exact) mass is 493 g/mol. The van der Waals surface area contributed by atoms with Gasteiger partial charge < -0.3 is 15.0 Å². The fourth-order valence-electron chi connectivity index (χ4n) is 5.29. The zero-order valence-corrected chi connectivity index (χ0v) is 21.8. The predicted octanol–water partition coefficient (Wildman–Crippen LogP) is 5.19. The van der Waals surface area contributed by atoms with Gasteiger partial charge in [-0.3, -0.25) is 9.69 Å². The molecule has 0 bridgehead atoms. The number of carbonyl (C=O) groups is 1. The van der Waals surface area contributed by atoms with Gasteiger partial charge in [-0.15, -0.1) is 11.8 Å². The molecule has 3 aliphatic rings. The first-order valence-corrected chi connectivity index (χ1v) is 14.7. The molecule has 1 aliphatic carbocycles. The zero-order valence-electron chi connectivity index (χ0n) is 21.0. The molecule has 1 saturated heterocycles. The van der Waals surface area contributed by atoms with Crippen LogP contribution in [0.25, 0.3) is 0 Å². The van der Waals surface area contributed by atoms with Crippen molar-refractivity contribution in [3.63, 3.8) is 0 Å². The first-order valence-electron chi connectivity index (χ1n) is 13.3. The molecule has 5 nitrogen and oxygen atoms in total. The Bertz CT molecular complexity index is 1000. The number of ether oxygens (including phenoxy) is 1. The van der Waals surface area contributed by atoms with Crippen LogP contribution in [-0.2, 0) is 13.0 Å². The van der Waals surface area contributed by atoms with Gasteiger partial charge in [0, 0.05) is 42.3 Å². The van der Waals surface area contributed by atoms with Crippen LogP contribution >= 0.6 is 11.8 Å². The van der Waals surface area contributed by atoms with Crippen molar-refractivity contribution in [2.45, 2.75) is 45.1 Å². The van der Waals surface area contributed by atoms with E-state index in [9.17, 15) is 4.79 Å². The Kier molecular flexibility index (Phi) is 8.20. The third-order valence-corrected chi connectivity index (χ3v) is 8.26. The lowest BCUT2D eigenvalue weighted by Gasteiger charge is -2.32. The number of likely N-dealkylation sites (tertiary alicyclic amines) is 1. The number of hydrogen-bond donors (Lipinski definition) is 1. The summed E-state index contributed by atoms with van der Waals surface area (Å²) < 4.78 is 6.15. The van der Waals surface area contributed by atoms with E-state index >= 15 is 0 Å². The Labute approximate surface area is 214 Å². The maximum Gasteiger partial charge on any atom is 0.251 e. The van der Waals surface area contributed by atoms with E-state index in [-0.39, 0.29) is 5.91 Å². The SMILES string of the molecule is CSCN1CCC(CNC(=O)c2ccc3c(c2)CCCN3Cc2ccccc2OCC2CC2)CC1. The molecular weight excluding hydrogens is 454 g/mol. The van der Waals surface area contributed by atoms with E-state index in [2.05, 4.69) is 57.8 Å². The standard InChI is InChI=1S/C29H39N3O2S/c1-35-21-31-15-12-22(13-16-31)18-30-29(33)25-10-11-27-24(17-25)6-4-14-32(27)19-26-5-2-3-7-28(26)34-20-23-8-9-23/h2-3,5,7,10-11,17,22-23H,4,6,8-9,12-16,18-21H2,1H3,(H,30,33). The van der Waals surface area contributed by atoms with Gasteiger partial charge in [0.25, 0.3) is 5.91 Å². The van der Waals surface area contributed by atoms with E-state index < -0.39 is 0 Å². The number of para-hydroxylation sites is 1. The molecule has 2 fully saturated rings. The molecule has 0 atom stereocenters. The van der Waals surface area contributed by atoms with E-state index in [0.717, 1.165) is 75.3 Å². The average Bonchev–Trinajstić information content (AvgIpc) is 3.72. The van der Waals surface area contributed by atoms with Crippen molar-refractivity contribution in [2.24, 2.45) is 11.8 Å². The van der Waals surface area contributed by atoms with Crippen LogP contribution < -0.4 is 15.0 Å². The summed E-state index contributed by atoms with van der Waals surface area (Å²) in [5.41, 5.74) is 4.57. The molecule has 0 aromatic heterocycles. The molecule has 2 heterocycles. The Hall–Kier alpha value is -2.18. The van der Waals surface area contributed by atoms with E-state index in [1.54, 1.807) is 0 Å². The fourth-order valence-corrected chi connectivity index (χ4v) is 5.92. The first kappa shape index (κ1) is 24.5. The minimum Gasteiger partial charge on any atom is -0.493 e. The molecule has 188 valence electrons. The first-order chi connectivity index (χ1) is 17.2. The summed E-state index contributed by atoms with van der Waals surface area (Å²) in [5, 5.41) is 3.22. The summed E-state index contributed by atoms with van der Waals surface area (Å²) in [6, 6.07) is 14.7. The number of carbonyl (C=O) groups excluding carboxylic acids is 1. The number of benzene rings is 2. The lowest BCUT2D eigenvalue weighted by atomic mass is 9.96. The third-order valence-electron chi connectivity index (χ3n) is 7.63. The highest BCUT2D eigenvalue weighted by atomic mass is 32.2. The van der Waals surface area contributed by atoms with Gasteiger partial charge in [0.1, 0.15) is 5.75 Å². The average molecular weight is 494 g/mol. The second kappa shape index (κ2) is 11.7. The Morgan fingerprint density at radius 2 is 1.89 bits per heavy atom. The molecule has 1 amide bonds. The van der Waals surface area contributed by atoms with E-state index in [1.165, 1.54) is 42.5 Å². The van der Waals surface area contributed by atoms with Crippen molar-refractivity contribution in [3.8, 4) is 5.75 Å². The minimum atomic E-state index is 0.0651. The largest absolute Gasteiger partial charge is 0.493 e. The number of thioether (sulfide) groups is 1. The van der Waals surface area contributed by atoms with Crippen LogP contribution in [0, 0.1) is 11.8 Å². The summed E-state index contributed by atoms with van der Waals surface area (Å²) >= 11 is 1.89. The van der Waals surface area contributed by atoms with Crippen LogP contribution in [0.5, 0.6) is 5.75 Å². The number of hydrogen-bond acceptors (Lipinski definition) is 5. The summed E-state index contributed by atoms with van der Waals surface area (Å²) in [6.45, 7) is 5.78. The second-order valence-electron chi connectivity index (χ2n) is 10.4. The van der Waals surface area contributed by atoms with E-state index in [0.29, 0.717) is 5.92 Å². The highest BCUT2D eigenvalue weighted by Crippen LogP contribution is 2.33. The van der Waals surface area contributed by atoms with Crippen LogP contribution in [0.3, 0.4) is 0 Å². The van der Waals surface area contributed by atoms with Crippen molar-refractivity contribution in [2.75, 3.05) is 49.8 Å². The third kappa shape index (κ3) is 6.53. The molecule has 2 aliphatic heterocycles. The molecule has 2 aromatic rings. The summed E-state index contributed by atoms with van der Waals surface area (Å²) in [5.74, 6) is 3.53. The molecule has 1 saturated carbocycles. The molecule has 0 spiro atoms. The Morgan fingerprint density at radius 1 is 1.06 bits per heavy atom. The lowest BCUT2D eigenvalue weighted by molar-refractivity contribution is 0.0938. The van der Waals surface area contributed by atoms with E-state index in [4.69, 9.17) is 4.74 Å². The summed E-state index contributed by atoms with van der Waals surface area (Å²) in [4.78, 5) is 17.9. The maximum absolute atomic E-state index is 12.9. The normalized spacial score (nSPS) is 18.8. The van der Waals surface area contributed by atoms with Crippen LogP contribution in [0.2, 0.25) is 0 Å². The van der Waals surface area contributed by atoms with Gasteiger partial charge in [0.2, 0.25) is 0 Å². The number of nitrogens with one attached hydrogen (secondary N) is 1. The molecule has 6 heteroatoms. The molecular formula is C29H39N3O2S. The summed E-state index contributed by atoms with van der Waals surface area (Å²) in [6.07, 6.45) is 9.24. The molecule has 1 N–H and O–H groups in total. The van der Waals surface area contributed by atoms with Crippen molar-refractivity contribution < 1.29 is 9.53 Å². The topological polar surface area (TPSA) is 44.8 Å². The van der Waals surface area contributed by atoms with Crippen molar-refractivity contribution in [1.82, 2.24) is 10.2 Å². The second-order valence-corrected chi connectivity index (χ2v) is 11.3. The number of rotatable bonds is 10. The molecule has 0 radical (unpaired) electrons. The lowest BCUT2D eigenvalue weighted by Crippen LogP contribution is -2.38. The molecule has 2 aromatic carbocycles. The smallest absolute Gasteiger partial charge is 0.251 e. The van der Waals surface area contributed by atoms with Crippen LogP contribution in [0.15, 0.2) is 42.5 Å². The van der Waals surface area contributed by atoms with Crippen molar-refractivity contribution in [3.05, 3.63) is 59.2 Å². The van der Waals surface area contributed by atoms with Gasteiger partial charge in [-0.25, -0.2) is 0 Å². The highest BCUT2D eigenvalue weighted by Gasteiger charge is 2.24. The van der Waals surface area contributed by atoms with Crippen molar-refractivity contribution >= 4 is 23.4 Å². The van der Waals surface area contributed by atoms with Gasteiger partial charge in [-0.05, 0) is 99.5 Å². The van der Waals surface area contributed by atoms with Gasteiger partial charge in [-0.2, -0.15) is 0 Å². The zero-order chi connectivity index (χ0) is 24.0. The minimum absolute atomic E-state index is 0.0651. The number of fused-ring (bicyclic) bond motifs is 1. The quantitative estimate of drug-likeness (QED) is 0.493.